The van der Waals surface area contributed by atoms with Gasteiger partial charge in [-0.25, -0.2) is 9.97 Å². The van der Waals surface area contributed by atoms with Gasteiger partial charge in [-0.2, -0.15) is 0 Å². The van der Waals surface area contributed by atoms with Crippen LogP contribution in [0.15, 0.2) is 54.9 Å². The third-order valence-corrected chi connectivity index (χ3v) is 2.75. The summed E-state index contributed by atoms with van der Waals surface area (Å²) >= 11 is 0. The summed E-state index contributed by atoms with van der Waals surface area (Å²) in [7, 11) is 0. The first-order valence-corrected chi connectivity index (χ1v) is 5.40. The number of hydrogen-bond donors (Lipinski definition) is 1. The molecular weight excluding hydrogens is 210 g/mol. The normalized spacial score (nSPS) is 10.6. The van der Waals surface area contributed by atoms with Crippen molar-refractivity contribution in [3.8, 4) is 11.1 Å². The highest BCUT2D eigenvalue weighted by molar-refractivity contribution is 5.87. The van der Waals surface area contributed by atoms with Crippen LogP contribution in [0.25, 0.3) is 21.9 Å². The number of rotatable bonds is 1. The van der Waals surface area contributed by atoms with Crippen LogP contribution in [0.5, 0.6) is 0 Å². The van der Waals surface area contributed by atoms with Crippen molar-refractivity contribution < 1.29 is 0 Å². The Balaban J connectivity index is 2.14. The van der Waals surface area contributed by atoms with E-state index in [-0.39, 0.29) is 0 Å². The van der Waals surface area contributed by atoms with Gasteiger partial charge in [0.1, 0.15) is 0 Å². The number of nitrogen functional groups attached to an aromatic ring is 1. The minimum atomic E-state index is 0.300. The van der Waals surface area contributed by atoms with Crippen molar-refractivity contribution in [2.45, 2.75) is 0 Å². The van der Waals surface area contributed by atoms with Crippen LogP contribution < -0.4 is 5.73 Å². The minimum absolute atomic E-state index is 0.300. The maximum absolute atomic E-state index is 5.47. The molecule has 3 heteroatoms. The molecule has 3 nitrogen and oxygen atoms in total. The molecule has 0 bridgehead atoms. The standard InChI is InChI=1S/C14H11N3/c15-14-16-8-13(9-17-14)12-6-5-10-3-1-2-4-11(10)7-12/h1-9H,(H2,15,16,17). The summed E-state index contributed by atoms with van der Waals surface area (Å²) in [4.78, 5) is 8.00. The van der Waals surface area contributed by atoms with Gasteiger partial charge in [0.05, 0.1) is 0 Å². The summed E-state index contributed by atoms with van der Waals surface area (Å²) in [6.45, 7) is 0. The summed E-state index contributed by atoms with van der Waals surface area (Å²) < 4.78 is 0. The van der Waals surface area contributed by atoms with Crippen molar-refractivity contribution in [3.63, 3.8) is 0 Å². The average molecular weight is 221 g/mol. The van der Waals surface area contributed by atoms with Gasteiger partial charge < -0.3 is 5.73 Å². The van der Waals surface area contributed by atoms with Gasteiger partial charge in [0.15, 0.2) is 0 Å². The van der Waals surface area contributed by atoms with Crippen molar-refractivity contribution in [3.05, 3.63) is 54.9 Å². The van der Waals surface area contributed by atoms with Crippen molar-refractivity contribution in [1.82, 2.24) is 9.97 Å². The lowest BCUT2D eigenvalue weighted by atomic mass is 10.0. The Morgan fingerprint density at radius 2 is 1.47 bits per heavy atom. The lowest BCUT2D eigenvalue weighted by Gasteiger charge is -2.03. The highest BCUT2D eigenvalue weighted by atomic mass is 15.0. The molecule has 0 saturated carbocycles. The van der Waals surface area contributed by atoms with Crippen LogP contribution in [0.3, 0.4) is 0 Å². The Kier molecular flexibility index (Phi) is 2.22. The highest BCUT2D eigenvalue weighted by Crippen LogP contribution is 2.23. The van der Waals surface area contributed by atoms with Crippen LogP contribution in [0.2, 0.25) is 0 Å². The maximum Gasteiger partial charge on any atom is 0.219 e. The molecule has 0 radical (unpaired) electrons. The molecule has 2 N–H and O–H groups in total. The quantitative estimate of drug-likeness (QED) is 0.687. The van der Waals surface area contributed by atoms with Gasteiger partial charge in [-0.05, 0) is 22.4 Å². The average Bonchev–Trinajstić information content (AvgIpc) is 2.39. The molecule has 0 atom stereocenters. The number of nitrogens with zero attached hydrogens (tertiary/aromatic N) is 2. The molecule has 17 heavy (non-hydrogen) atoms. The van der Waals surface area contributed by atoms with Crippen molar-refractivity contribution in [1.29, 1.82) is 0 Å². The molecule has 0 aliphatic rings. The Hall–Kier alpha value is -2.42. The van der Waals surface area contributed by atoms with E-state index in [4.69, 9.17) is 5.73 Å². The molecule has 0 saturated heterocycles. The molecule has 0 spiro atoms. The maximum atomic E-state index is 5.47. The van der Waals surface area contributed by atoms with Gasteiger partial charge >= 0.3 is 0 Å². The monoisotopic (exact) mass is 221 g/mol. The van der Waals surface area contributed by atoms with E-state index in [2.05, 4.69) is 40.3 Å². The number of nitrogens with two attached hydrogens (primary N) is 1. The minimum Gasteiger partial charge on any atom is -0.368 e. The molecule has 0 fully saturated rings. The second-order valence-electron chi connectivity index (χ2n) is 3.89. The topological polar surface area (TPSA) is 51.8 Å². The summed E-state index contributed by atoms with van der Waals surface area (Å²) in [5.41, 5.74) is 7.55. The van der Waals surface area contributed by atoms with E-state index in [0.29, 0.717) is 5.95 Å². The number of benzene rings is 2. The Bertz CT molecular complexity index is 660. The molecule has 1 heterocycles. The number of aromatic nitrogens is 2. The second-order valence-corrected chi connectivity index (χ2v) is 3.89. The van der Waals surface area contributed by atoms with Crippen molar-refractivity contribution in [2.24, 2.45) is 0 Å². The third kappa shape index (κ3) is 1.83. The van der Waals surface area contributed by atoms with Gasteiger partial charge in [0.25, 0.3) is 0 Å². The van der Waals surface area contributed by atoms with Crippen molar-refractivity contribution in [2.75, 3.05) is 5.73 Å². The first-order valence-electron chi connectivity index (χ1n) is 5.40. The van der Waals surface area contributed by atoms with E-state index >= 15 is 0 Å². The Morgan fingerprint density at radius 3 is 2.24 bits per heavy atom. The fourth-order valence-electron chi connectivity index (χ4n) is 1.86. The number of hydrogen-bond acceptors (Lipinski definition) is 3. The fraction of sp³-hybridized carbons (Fsp3) is 0. The van der Waals surface area contributed by atoms with Crippen molar-refractivity contribution >= 4 is 16.7 Å². The molecule has 0 amide bonds. The van der Waals surface area contributed by atoms with E-state index in [1.165, 1.54) is 10.8 Å². The van der Waals surface area contributed by atoms with Crippen LogP contribution in [-0.2, 0) is 0 Å². The van der Waals surface area contributed by atoms with E-state index in [1.807, 2.05) is 12.1 Å². The number of fused-ring (bicyclic) bond motifs is 1. The van der Waals surface area contributed by atoms with E-state index < -0.39 is 0 Å². The van der Waals surface area contributed by atoms with Crippen LogP contribution in [0.1, 0.15) is 0 Å². The first kappa shape index (κ1) is 9.78. The first-order chi connectivity index (χ1) is 8.33. The van der Waals surface area contributed by atoms with Crippen LogP contribution in [0.4, 0.5) is 5.95 Å². The zero-order valence-corrected chi connectivity index (χ0v) is 9.17. The predicted octanol–water partition coefficient (Wildman–Crippen LogP) is 2.88. The lowest BCUT2D eigenvalue weighted by molar-refractivity contribution is 1.19. The van der Waals surface area contributed by atoms with E-state index in [0.717, 1.165) is 11.1 Å². The smallest absolute Gasteiger partial charge is 0.219 e. The molecule has 3 rings (SSSR count). The van der Waals surface area contributed by atoms with Gasteiger partial charge in [-0.3, -0.25) is 0 Å². The van der Waals surface area contributed by atoms with E-state index in [1.54, 1.807) is 12.4 Å². The van der Waals surface area contributed by atoms with Crippen LogP contribution in [0, 0.1) is 0 Å². The Labute approximate surface area is 98.9 Å². The molecule has 0 unspecified atom stereocenters. The predicted molar refractivity (Wildman–Crippen MR) is 69.4 cm³/mol. The van der Waals surface area contributed by atoms with Gasteiger partial charge in [0, 0.05) is 18.0 Å². The van der Waals surface area contributed by atoms with Gasteiger partial charge in [0.2, 0.25) is 5.95 Å². The van der Waals surface area contributed by atoms with Crippen LogP contribution in [-0.4, -0.2) is 9.97 Å². The molecular formula is C14H11N3. The highest BCUT2D eigenvalue weighted by Gasteiger charge is 2.00. The summed E-state index contributed by atoms with van der Waals surface area (Å²) in [5, 5.41) is 2.44. The molecule has 82 valence electrons. The lowest BCUT2D eigenvalue weighted by Crippen LogP contribution is -1.93. The van der Waals surface area contributed by atoms with Gasteiger partial charge in [-0.15, -0.1) is 0 Å². The fourth-order valence-corrected chi connectivity index (χ4v) is 1.86. The molecule has 1 aromatic heterocycles. The molecule has 3 aromatic rings. The summed E-state index contributed by atoms with van der Waals surface area (Å²) in [6.07, 6.45) is 3.48. The number of anilines is 1. The Morgan fingerprint density at radius 1 is 0.765 bits per heavy atom. The zero-order valence-electron chi connectivity index (χ0n) is 9.17. The molecule has 0 aliphatic carbocycles. The molecule has 0 aliphatic heterocycles. The summed E-state index contributed by atoms with van der Waals surface area (Å²) in [5.74, 6) is 0.300. The molecule has 2 aromatic carbocycles. The summed E-state index contributed by atoms with van der Waals surface area (Å²) in [6, 6.07) is 14.6. The van der Waals surface area contributed by atoms with Crippen LogP contribution >= 0.6 is 0 Å². The van der Waals surface area contributed by atoms with E-state index in [9.17, 15) is 0 Å². The van der Waals surface area contributed by atoms with Gasteiger partial charge in [-0.1, -0.05) is 36.4 Å². The SMILES string of the molecule is Nc1ncc(-c2ccc3ccccc3c2)cn1. The third-order valence-electron chi connectivity index (χ3n) is 2.75. The second kappa shape index (κ2) is 3.87. The largest absolute Gasteiger partial charge is 0.368 e. The zero-order chi connectivity index (χ0) is 11.7.